The highest BCUT2D eigenvalue weighted by Gasteiger charge is 2.31. The first-order valence-electron chi connectivity index (χ1n) is 12.6. The number of aliphatic hydroxyl groups excluding tert-OH is 6. The number of rotatable bonds is 20. The minimum absolute atomic E-state index is 0.0830. The third-order valence-corrected chi connectivity index (χ3v) is 5.06. The summed E-state index contributed by atoms with van der Waals surface area (Å²) in [5.74, 6) is -4.10. The maximum Gasteiger partial charge on any atom is 0.364 e. The third kappa shape index (κ3) is 31.1. The van der Waals surface area contributed by atoms with E-state index in [9.17, 15) is 4.79 Å². The predicted molar refractivity (Wildman–Crippen MR) is 130 cm³/mol. The molecule has 0 atom stereocenters. The Bertz CT molecular complexity index is 389. The van der Waals surface area contributed by atoms with Crippen LogP contribution in [0.15, 0.2) is 0 Å². The number of aliphatic hydroxyl groups is 8. The first kappa shape index (κ1) is 37.7. The molecule has 0 aromatic rings. The third-order valence-electron chi connectivity index (χ3n) is 5.06. The molecule has 0 radical (unpaired) electrons. The van der Waals surface area contributed by atoms with Crippen LogP contribution in [0.25, 0.3) is 0 Å². The van der Waals surface area contributed by atoms with Crippen molar-refractivity contribution in [2.75, 3.05) is 26.4 Å². The summed E-state index contributed by atoms with van der Waals surface area (Å²) in [6.45, 7) is 0.788. The summed E-state index contributed by atoms with van der Waals surface area (Å²) >= 11 is 0. The molecule has 10 nitrogen and oxygen atoms in total. The highest BCUT2D eigenvalue weighted by atomic mass is 16.5. The number of carboxylic acids is 1. The molecule has 0 aliphatic rings. The molecule has 0 aliphatic carbocycles. The number of aliphatic carboxylic acids is 1. The molecule has 0 amide bonds. The molecule has 0 aromatic heterocycles. The zero-order valence-electron chi connectivity index (χ0n) is 21.0. The molecular weight excluding hydrogens is 448 g/mol. The molecule has 0 aliphatic heterocycles. The molecule has 0 aromatic carbocycles. The highest BCUT2D eigenvalue weighted by molar-refractivity contribution is 5.74. The van der Waals surface area contributed by atoms with Gasteiger partial charge in [-0.2, -0.15) is 0 Å². The van der Waals surface area contributed by atoms with Crippen LogP contribution in [0.2, 0.25) is 0 Å². The molecule has 0 fully saturated rings. The van der Waals surface area contributed by atoms with Crippen molar-refractivity contribution in [1.82, 2.24) is 0 Å². The molecule has 208 valence electrons. The van der Waals surface area contributed by atoms with E-state index in [1.54, 1.807) is 0 Å². The fourth-order valence-electron chi connectivity index (χ4n) is 2.79. The van der Waals surface area contributed by atoms with Gasteiger partial charge in [0.1, 0.15) is 12.2 Å². The molecular formula is C24H52O10. The van der Waals surface area contributed by atoms with Gasteiger partial charge >= 0.3 is 5.97 Å². The normalized spacial score (nSPS) is 11.1. The van der Waals surface area contributed by atoms with Crippen LogP contribution in [-0.2, 0) is 4.79 Å². The molecule has 34 heavy (non-hydrogen) atoms. The molecule has 0 saturated heterocycles. The SMILES string of the molecule is CCCCCCCCCCCCCCCCC(O)(O)C(=O)O.OCC(O)CO.OCC(O)CO. The van der Waals surface area contributed by atoms with Gasteiger partial charge in [-0.05, 0) is 6.42 Å². The van der Waals surface area contributed by atoms with E-state index >= 15 is 0 Å². The summed E-state index contributed by atoms with van der Waals surface area (Å²) in [7, 11) is 0. The van der Waals surface area contributed by atoms with E-state index in [0.717, 1.165) is 19.3 Å². The van der Waals surface area contributed by atoms with Gasteiger partial charge in [0.2, 0.25) is 0 Å². The first-order valence-corrected chi connectivity index (χ1v) is 12.6. The van der Waals surface area contributed by atoms with E-state index in [4.69, 9.17) is 46.0 Å². The van der Waals surface area contributed by atoms with Crippen molar-refractivity contribution in [3.05, 3.63) is 0 Å². The van der Waals surface area contributed by atoms with Crippen molar-refractivity contribution in [1.29, 1.82) is 0 Å². The van der Waals surface area contributed by atoms with E-state index in [1.165, 1.54) is 64.2 Å². The molecule has 9 N–H and O–H groups in total. The Kier molecular flexibility index (Phi) is 31.5. The van der Waals surface area contributed by atoms with Crippen LogP contribution in [0.4, 0.5) is 0 Å². The second-order valence-corrected chi connectivity index (χ2v) is 8.51. The number of carbonyl (C=O) groups is 1. The van der Waals surface area contributed by atoms with E-state index in [-0.39, 0.29) is 32.8 Å². The smallest absolute Gasteiger partial charge is 0.364 e. The standard InChI is InChI=1S/C18H36O4.2C3H8O3/c1-2-3-4-5-6-7-8-9-10-11-12-13-14-15-16-18(21,22)17(19)20;2*4-1-3(6)2-5/h21-22H,2-16H2,1H3,(H,19,20);2*3-6H,1-2H2. The summed E-state index contributed by atoms with van der Waals surface area (Å²) in [5.41, 5.74) is 0. The van der Waals surface area contributed by atoms with Crippen molar-refractivity contribution >= 4 is 5.97 Å². The molecule has 0 rings (SSSR count). The molecule has 0 saturated carbocycles. The Morgan fingerprint density at radius 3 is 1.06 bits per heavy atom. The van der Waals surface area contributed by atoms with E-state index in [1.807, 2.05) is 0 Å². The lowest BCUT2D eigenvalue weighted by molar-refractivity contribution is -0.205. The average molecular weight is 501 g/mol. The van der Waals surface area contributed by atoms with Gasteiger partial charge in [-0.25, -0.2) is 4.79 Å². The summed E-state index contributed by atoms with van der Waals surface area (Å²) in [6.07, 6.45) is 15.1. The Hall–Kier alpha value is -0.850. The fraction of sp³-hybridized carbons (Fsp3) is 0.958. The lowest BCUT2D eigenvalue weighted by Crippen LogP contribution is -2.37. The summed E-state index contributed by atoms with van der Waals surface area (Å²) < 4.78 is 0. The van der Waals surface area contributed by atoms with Crippen molar-refractivity contribution in [2.45, 2.75) is 121 Å². The Balaban J connectivity index is -0.000000653. The van der Waals surface area contributed by atoms with Gasteiger partial charge in [-0.1, -0.05) is 90.4 Å². The number of hydrogen-bond donors (Lipinski definition) is 9. The van der Waals surface area contributed by atoms with Crippen LogP contribution in [0.3, 0.4) is 0 Å². The van der Waals surface area contributed by atoms with E-state index in [2.05, 4.69) is 6.92 Å². The van der Waals surface area contributed by atoms with Gasteiger partial charge in [0, 0.05) is 6.42 Å². The van der Waals surface area contributed by atoms with Crippen LogP contribution in [0, 0.1) is 0 Å². The predicted octanol–water partition coefficient (Wildman–Crippen LogP) is 1.29. The summed E-state index contributed by atoms with van der Waals surface area (Å²) in [5, 5.41) is 74.9. The summed E-state index contributed by atoms with van der Waals surface area (Å²) in [4.78, 5) is 10.5. The highest BCUT2D eigenvalue weighted by Crippen LogP contribution is 2.16. The van der Waals surface area contributed by atoms with Gasteiger partial charge in [-0.3, -0.25) is 0 Å². The van der Waals surface area contributed by atoms with Gasteiger partial charge in [0.25, 0.3) is 5.79 Å². The fourth-order valence-corrected chi connectivity index (χ4v) is 2.79. The molecule has 0 unspecified atom stereocenters. The van der Waals surface area contributed by atoms with Gasteiger partial charge < -0.3 is 46.0 Å². The van der Waals surface area contributed by atoms with Gasteiger partial charge in [0.05, 0.1) is 26.4 Å². The second-order valence-electron chi connectivity index (χ2n) is 8.51. The number of hydrogen-bond acceptors (Lipinski definition) is 9. The van der Waals surface area contributed by atoms with Crippen LogP contribution in [-0.4, -0.2) is 96.4 Å². The topological polar surface area (TPSA) is 199 Å². The van der Waals surface area contributed by atoms with Gasteiger partial charge in [-0.15, -0.1) is 0 Å². The average Bonchev–Trinajstić information content (AvgIpc) is 2.83. The molecule has 10 heteroatoms. The van der Waals surface area contributed by atoms with Gasteiger partial charge in [0.15, 0.2) is 0 Å². The maximum atomic E-state index is 10.5. The Labute approximate surface area is 204 Å². The Morgan fingerprint density at radius 2 is 0.853 bits per heavy atom. The number of unbranched alkanes of at least 4 members (excludes halogenated alkanes) is 13. The zero-order valence-corrected chi connectivity index (χ0v) is 21.0. The van der Waals surface area contributed by atoms with Crippen LogP contribution >= 0.6 is 0 Å². The van der Waals surface area contributed by atoms with Crippen molar-refractivity contribution < 1.29 is 50.8 Å². The molecule has 0 spiro atoms. The van der Waals surface area contributed by atoms with Crippen LogP contribution < -0.4 is 0 Å². The monoisotopic (exact) mass is 500 g/mol. The van der Waals surface area contributed by atoms with Crippen LogP contribution in [0.1, 0.15) is 103 Å². The molecule has 0 bridgehead atoms. The Morgan fingerprint density at radius 1 is 0.588 bits per heavy atom. The lowest BCUT2D eigenvalue weighted by atomic mass is 10.0. The van der Waals surface area contributed by atoms with E-state index in [0.29, 0.717) is 6.42 Å². The largest absolute Gasteiger partial charge is 0.477 e. The van der Waals surface area contributed by atoms with Crippen molar-refractivity contribution in [3.63, 3.8) is 0 Å². The maximum absolute atomic E-state index is 10.5. The quantitative estimate of drug-likeness (QED) is 0.0866. The van der Waals surface area contributed by atoms with Crippen LogP contribution in [0.5, 0.6) is 0 Å². The summed E-state index contributed by atoms with van der Waals surface area (Å²) in [6, 6.07) is 0. The molecule has 0 heterocycles. The second kappa shape index (κ2) is 28.4. The minimum atomic E-state index is -2.54. The van der Waals surface area contributed by atoms with Crippen molar-refractivity contribution in [3.8, 4) is 0 Å². The lowest BCUT2D eigenvalue weighted by Gasteiger charge is -2.15. The van der Waals surface area contributed by atoms with E-state index < -0.39 is 24.0 Å². The number of carboxylic acid groups (broad SMARTS) is 1. The zero-order chi connectivity index (χ0) is 26.7. The first-order chi connectivity index (χ1) is 16.1. The van der Waals surface area contributed by atoms with Crippen molar-refractivity contribution in [2.24, 2.45) is 0 Å². The minimum Gasteiger partial charge on any atom is -0.477 e.